The van der Waals surface area contributed by atoms with Gasteiger partial charge in [0.1, 0.15) is 22.5 Å². The van der Waals surface area contributed by atoms with Gasteiger partial charge in [0.05, 0.1) is 10.8 Å². The molecule has 2 heterocycles. The molecule has 0 bridgehead atoms. The first-order valence-electron chi connectivity index (χ1n) is 12.1. The summed E-state index contributed by atoms with van der Waals surface area (Å²) in [5.74, 6) is 0.204. The van der Waals surface area contributed by atoms with E-state index >= 15 is 0 Å². The standard InChI is InChI=1S/C26H35N5O3S/c1-16(2)31-15-28-24(30-31)29-20-12-17(3)11-19(13-20)21-14-27-23(35-21)26(33)9-7-18(8-10-26)22(32)34-25(4,5)6/h11-16,18,33H,7-10H2,1-6H3,(H,29,30)/t18-,26-. The lowest BCUT2D eigenvalue weighted by Gasteiger charge is -2.34. The average Bonchev–Trinajstić information content (AvgIpc) is 3.43. The summed E-state index contributed by atoms with van der Waals surface area (Å²) < 4.78 is 7.35. The molecule has 1 aromatic carbocycles. The van der Waals surface area contributed by atoms with E-state index in [0.29, 0.717) is 36.6 Å². The van der Waals surface area contributed by atoms with E-state index in [1.807, 2.05) is 50.7 Å². The number of benzene rings is 1. The number of hydrogen-bond donors (Lipinski definition) is 2. The van der Waals surface area contributed by atoms with Crippen LogP contribution in [0.5, 0.6) is 0 Å². The quantitative estimate of drug-likeness (QED) is 0.418. The molecule has 35 heavy (non-hydrogen) atoms. The van der Waals surface area contributed by atoms with Crippen LogP contribution in [0.1, 0.15) is 76.9 Å². The Balaban J connectivity index is 1.47. The zero-order chi connectivity index (χ0) is 25.4. The van der Waals surface area contributed by atoms with Crippen molar-refractivity contribution in [2.75, 3.05) is 5.32 Å². The van der Waals surface area contributed by atoms with Crippen molar-refractivity contribution in [2.24, 2.45) is 5.92 Å². The number of nitrogens with one attached hydrogen (secondary N) is 1. The van der Waals surface area contributed by atoms with E-state index in [4.69, 9.17) is 4.74 Å². The lowest BCUT2D eigenvalue weighted by Crippen LogP contribution is -2.36. The second-order valence-electron chi connectivity index (χ2n) is 10.7. The van der Waals surface area contributed by atoms with Gasteiger partial charge in [0.2, 0.25) is 5.95 Å². The van der Waals surface area contributed by atoms with Gasteiger partial charge >= 0.3 is 5.97 Å². The van der Waals surface area contributed by atoms with Crippen molar-refractivity contribution in [3.63, 3.8) is 0 Å². The number of aromatic nitrogens is 4. The zero-order valence-electron chi connectivity index (χ0n) is 21.3. The number of ether oxygens (including phenoxy) is 1. The monoisotopic (exact) mass is 497 g/mol. The topological polar surface area (TPSA) is 102 Å². The van der Waals surface area contributed by atoms with Crippen molar-refractivity contribution < 1.29 is 14.6 Å². The molecule has 8 nitrogen and oxygen atoms in total. The fourth-order valence-electron chi connectivity index (χ4n) is 4.26. The predicted molar refractivity (Wildman–Crippen MR) is 138 cm³/mol. The van der Waals surface area contributed by atoms with Gasteiger partial charge in [-0.2, -0.15) is 0 Å². The van der Waals surface area contributed by atoms with Gasteiger partial charge < -0.3 is 15.2 Å². The van der Waals surface area contributed by atoms with Crippen LogP contribution < -0.4 is 5.32 Å². The third-order valence-corrected chi connectivity index (χ3v) is 7.35. The first-order valence-corrected chi connectivity index (χ1v) is 13.0. The smallest absolute Gasteiger partial charge is 0.309 e. The van der Waals surface area contributed by atoms with Crippen LogP contribution in [0.3, 0.4) is 0 Å². The number of rotatable bonds is 6. The zero-order valence-corrected chi connectivity index (χ0v) is 22.1. The van der Waals surface area contributed by atoms with Crippen molar-refractivity contribution in [1.82, 2.24) is 19.7 Å². The number of esters is 1. The fraction of sp³-hybridized carbons (Fsp3) is 0.538. The van der Waals surface area contributed by atoms with E-state index in [2.05, 4.69) is 40.3 Å². The first-order chi connectivity index (χ1) is 16.4. The molecule has 4 rings (SSSR count). The van der Waals surface area contributed by atoms with Crippen molar-refractivity contribution in [2.45, 2.75) is 84.5 Å². The Hall–Kier alpha value is -2.78. The number of aryl methyl sites for hydroxylation is 1. The first kappa shape index (κ1) is 25.3. The minimum Gasteiger partial charge on any atom is -0.460 e. The summed E-state index contributed by atoms with van der Waals surface area (Å²) >= 11 is 1.50. The maximum atomic E-state index is 12.4. The van der Waals surface area contributed by atoms with Crippen LogP contribution in [0, 0.1) is 12.8 Å². The number of anilines is 2. The summed E-state index contributed by atoms with van der Waals surface area (Å²) in [5, 5.41) is 19.8. The maximum absolute atomic E-state index is 12.4. The lowest BCUT2D eigenvalue weighted by atomic mass is 9.79. The van der Waals surface area contributed by atoms with Crippen LogP contribution in [0.25, 0.3) is 10.4 Å². The van der Waals surface area contributed by atoms with E-state index in [1.54, 1.807) is 6.33 Å². The third-order valence-electron chi connectivity index (χ3n) is 6.11. The molecule has 0 saturated heterocycles. The minimum absolute atomic E-state index is 0.174. The van der Waals surface area contributed by atoms with Crippen LogP contribution >= 0.6 is 11.3 Å². The molecule has 0 unspecified atom stereocenters. The number of hydrogen-bond acceptors (Lipinski definition) is 8. The second-order valence-corrected chi connectivity index (χ2v) is 11.8. The van der Waals surface area contributed by atoms with Crippen molar-refractivity contribution >= 4 is 28.9 Å². The molecule has 9 heteroatoms. The van der Waals surface area contributed by atoms with Crippen molar-refractivity contribution in [3.8, 4) is 10.4 Å². The third kappa shape index (κ3) is 6.08. The van der Waals surface area contributed by atoms with Gasteiger partial charge in [-0.3, -0.25) is 4.79 Å². The second kappa shape index (κ2) is 9.70. The predicted octanol–water partition coefficient (Wildman–Crippen LogP) is 5.75. The van der Waals surface area contributed by atoms with Crippen LogP contribution in [0.4, 0.5) is 11.6 Å². The molecule has 0 spiro atoms. The van der Waals surface area contributed by atoms with Crippen LogP contribution in [-0.4, -0.2) is 36.4 Å². The highest BCUT2D eigenvalue weighted by molar-refractivity contribution is 7.15. The Labute approximate surface area is 210 Å². The average molecular weight is 498 g/mol. The van der Waals surface area contributed by atoms with E-state index in [-0.39, 0.29) is 17.9 Å². The molecule has 2 aromatic heterocycles. The molecule has 1 aliphatic rings. The summed E-state index contributed by atoms with van der Waals surface area (Å²) in [5.41, 5.74) is 1.50. The summed E-state index contributed by atoms with van der Waals surface area (Å²) in [6.07, 6.45) is 5.71. The molecule has 0 aliphatic heterocycles. The Bertz CT molecular complexity index is 1190. The van der Waals surface area contributed by atoms with E-state index in [1.165, 1.54) is 11.3 Å². The van der Waals surface area contributed by atoms with Gasteiger partial charge in [0, 0.05) is 17.9 Å². The normalized spacial score (nSPS) is 20.7. The number of thiazole rings is 1. The minimum atomic E-state index is -1.01. The van der Waals surface area contributed by atoms with Gasteiger partial charge in [-0.25, -0.2) is 14.6 Å². The van der Waals surface area contributed by atoms with Crippen molar-refractivity contribution in [1.29, 1.82) is 0 Å². The molecule has 1 fully saturated rings. The molecule has 1 saturated carbocycles. The van der Waals surface area contributed by atoms with Crippen LogP contribution in [-0.2, 0) is 15.1 Å². The highest BCUT2D eigenvalue weighted by Gasteiger charge is 2.40. The Morgan fingerprint density at radius 1 is 1.23 bits per heavy atom. The molecular formula is C26H35N5O3S. The Morgan fingerprint density at radius 2 is 1.94 bits per heavy atom. The number of carbonyl (C=O) groups excluding carboxylic acids is 1. The van der Waals surface area contributed by atoms with Gasteiger partial charge in [0.15, 0.2) is 0 Å². The molecule has 3 aromatic rings. The Morgan fingerprint density at radius 3 is 2.57 bits per heavy atom. The summed E-state index contributed by atoms with van der Waals surface area (Å²) in [7, 11) is 0. The number of carbonyl (C=O) groups is 1. The molecule has 0 atom stereocenters. The fourth-order valence-corrected chi connectivity index (χ4v) is 5.31. The number of nitrogens with zero attached hydrogens (tertiary/aromatic N) is 4. The summed E-state index contributed by atoms with van der Waals surface area (Å²) in [6, 6.07) is 6.44. The van der Waals surface area contributed by atoms with Crippen LogP contribution in [0.15, 0.2) is 30.7 Å². The van der Waals surface area contributed by atoms with Gasteiger partial charge in [0.25, 0.3) is 0 Å². The molecular weight excluding hydrogens is 462 g/mol. The largest absolute Gasteiger partial charge is 0.460 e. The van der Waals surface area contributed by atoms with E-state index in [9.17, 15) is 9.90 Å². The van der Waals surface area contributed by atoms with Crippen LogP contribution in [0.2, 0.25) is 0 Å². The molecule has 0 radical (unpaired) electrons. The lowest BCUT2D eigenvalue weighted by molar-refractivity contribution is -0.163. The molecule has 2 N–H and O–H groups in total. The summed E-state index contributed by atoms with van der Waals surface area (Å²) in [4.78, 5) is 22.4. The number of aliphatic hydroxyl groups is 1. The van der Waals surface area contributed by atoms with Crippen molar-refractivity contribution in [3.05, 3.63) is 41.3 Å². The Kier molecular flexibility index (Phi) is 7.02. The molecule has 0 amide bonds. The van der Waals surface area contributed by atoms with E-state index < -0.39 is 11.2 Å². The molecule has 188 valence electrons. The highest BCUT2D eigenvalue weighted by Crippen LogP contribution is 2.43. The van der Waals surface area contributed by atoms with Gasteiger partial charge in [-0.1, -0.05) is 6.07 Å². The van der Waals surface area contributed by atoms with Gasteiger partial charge in [-0.05, 0) is 90.5 Å². The SMILES string of the molecule is Cc1cc(Nc2ncn(C(C)C)n2)cc(-c2cnc([C@]3(O)CC[C@H](C(=O)OC(C)(C)C)CC3)s2)c1. The van der Waals surface area contributed by atoms with E-state index in [0.717, 1.165) is 21.7 Å². The maximum Gasteiger partial charge on any atom is 0.309 e. The molecule has 1 aliphatic carbocycles. The van der Waals surface area contributed by atoms with Gasteiger partial charge in [-0.15, -0.1) is 16.4 Å². The summed E-state index contributed by atoms with van der Waals surface area (Å²) in [6.45, 7) is 11.8. The highest BCUT2D eigenvalue weighted by atomic mass is 32.1.